The van der Waals surface area contributed by atoms with Crippen LogP contribution in [0, 0.1) is 11.3 Å². The van der Waals surface area contributed by atoms with Gasteiger partial charge in [0, 0.05) is 43.3 Å². The lowest BCUT2D eigenvalue weighted by Gasteiger charge is -2.65. The molecule has 0 spiro atoms. The molecule has 3 atom stereocenters. The van der Waals surface area contributed by atoms with Crippen LogP contribution in [0.5, 0.6) is 0 Å². The van der Waals surface area contributed by atoms with Gasteiger partial charge in [-0.1, -0.05) is 13.8 Å². The second-order valence-electron chi connectivity index (χ2n) is 7.86. The monoisotopic (exact) mass is 345 g/mol. The van der Waals surface area contributed by atoms with Gasteiger partial charge >= 0.3 is 0 Å². The van der Waals surface area contributed by atoms with Crippen molar-refractivity contribution < 1.29 is 14.3 Å². The molecule has 1 aromatic rings. The van der Waals surface area contributed by atoms with E-state index in [1.54, 1.807) is 38.4 Å². The van der Waals surface area contributed by atoms with Gasteiger partial charge in [0.2, 0.25) is 5.91 Å². The van der Waals surface area contributed by atoms with Gasteiger partial charge in [-0.2, -0.15) is 0 Å². The van der Waals surface area contributed by atoms with Crippen molar-refractivity contribution in [2.24, 2.45) is 17.1 Å². The number of carbonyl (C=O) groups is 2. The van der Waals surface area contributed by atoms with Gasteiger partial charge in [-0.25, -0.2) is 0 Å². The number of nitrogens with zero attached hydrogens (tertiary/aromatic N) is 1. The van der Waals surface area contributed by atoms with Crippen molar-refractivity contribution in [1.29, 1.82) is 0 Å². The summed E-state index contributed by atoms with van der Waals surface area (Å²) >= 11 is 0. The Labute approximate surface area is 148 Å². The normalized spacial score (nSPS) is 30.0. The molecule has 1 aromatic carbocycles. The number of carbonyl (C=O) groups excluding carboxylic acids is 2. The maximum absolute atomic E-state index is 12.9. The zero-order valence-corrected chi connectivity index (χ0v) is 15.3. The Kier molecular flexibility index (Phi) is 4.37. The first-order chi connectivity index (χ1) is 11.7. The van der Waals surface area contributed by atoms with Crippen molar-refractivity contribution in [2.45, 2.75) is 38.3 Å². The fraction of sp³-hybridized carbons (Fsp3) is 0.579. The van der Waals surface area contributed by atoms with Crippen molar-refractivity contribution in [3.05, 3.63) is 29.8 Å². The highest BCUT2D eigenvalue weighted by molar-refractivity contribution is 6.01. The fourth-order valence-electron chi connectivity index (χ4n) is 4.23. The Balaban J connectivity index is 1.75. The number of nitrogens with two attached hydrogens (primary N) is 1. The number of hydrogen-bond acceptors (Lipinski definition) is 4. The third kappa shape index (κ3) is 2.64. The highest BCUT2D eigenvalue weighted by Crippen LogP contribution is 2.57. The van der Waals surface area contributed by atoms with Gasteiger partial charge in [-0.05, 0) is 37.1 Å². The molecule has 3 N–H and O–H groups in total. The molecular weight excluding hydrogens is 318 g/mol. The third-order valence-electron chi connectivity index (χ3n) is 5.86. The van der Waals surface area contributed by atoms with Crippen LogP contribution in [0.1, 0.15) is 37.0 Å². The molecule has 1 heterocycles. The lowest BCUT2D eigenvalue weighted by Crippen LogP contribution is -2.81. The molecule has 25 heavy (non-hydrogen) atoms. The molecule has 3 rings (SSSR count). The van der Waals surface area contributed by atoms with Crippen LogP contribution in [0.15, 0.2) is 24.3 Å². The lowest BCUT2D eigenvalue weighted by molar-refractivity contribution is -0.222. The Morgan fingerprint density at radius 3 is 2.48 bits per heavy atom. The summed E-state index contributed by atoms with van der Waals surface area (Å²) in [6.45, 7) is 4.74. The van der Waals surface area contributed by atoms with E-state index in [1.165, 1.54) is 4.90 Å². The van der Waals surface area contributed by atoms with Crippen molar-refractivity contribution in [3.63, 3.8) is 0 Å². The molecule has 2 aliphatic rings. The van der Waals surface area contributed by atoms with Gasteiger partial charge in [0.25, 0.3) is 5.91 Å². The molecule has 6 heteroatoms. The number of benzene rings is 1. The molecular formula is C19H27N3O3. The molecule has 1 aliphatic heterocycles. The minimum atomic E-state index is -0.948. The van der Waals surface area contributed by atoms with E-state index in [2.05, 4.69) is 5.32 Å². The smallest absolute Gasteiger partial charge is 0.253 e. The summed E-state index contributed by atoms with van der Waals surface area (Å²) in [5, 5.41) is 2.92. The Morgan fingerprint density at radius 1 is 1.24 bits per heavy atom. The first kappa shape index (κ1) is 17.9. The van der Waals surface area contributed by atoms with Crippen LogP contribution < -0.4 is 11.1 Å². The van der Waals surface area contributed by atoms with Gasteiger partial charge in [0.15, 0.2) is 0 Å². The molecule has 0 aromatic heterocycles. The number of fused-ring (bicyclic) bond motifs is 1. The first-order valence-electron chi connectivity index (χ1n) is 8.73. The second-order valence-corrected chi connectivity index (χ2v) is 7.86. The number of hydrogen-bond donors (Lipinski definition) is 2. The summed E-state index contributed by atoms with van der Waals surface area (Å²) in [5.41, 5.74) is 6.45. The van der Waals surface area contributed by atoms with Crippen LogP contribution in [-0.2, 0) is 9.53 Å². The van der Waals surface area contributed by atoms with Crippen LogP contribution in [0.25, 0.3) is 0 Å². The highest BCUT2D eigenvalue weighted by atomic mass is 16.5. The van der Waals surface area contributed by atoms with Gasteiger partial charge in [-0.3, -0.25) is 9.59 Å². The average molecular weight is 345 g/mol. The molecule has 1 saturated heterocycles. The van der Waals surface area contributed by atoms with Crippen LogP contribution in [-0.4, -0.2) is 49.1 Å². The summed E-state index contributed by atoms with van der Waals surface area (Å²) in [7, 11) is 3.41. The van der Waals surface area contributed by atoms with Crippen LogP contribution >= 0.6 is 0 Å². The zero-order valence-electron chi connectivity index (χ0n) is 15.3. The Morgan fingerprint density at radius 2 is 1.88 bits per heavy atom. The van der Waals surface area contributed by atoms with Crippen LogP contribution in [0.2, 0.25) is 0 Å². The summed E-state index contributed by atoms with van der Waals surface area (Å²) in [6.07, 6.45) is 1.89. The molecule has 2 fully saturated rings. The third-order valence-corrected chi connectivity index (χ3v) is 5.86. The van der Waals surface area contributed by atoms with Crippen molar-refractivity contribution in [2.75, 3.05) is 26.0 Å². The van der Waals surface area contributed by atoms with E-state index >= 15 is 0 Å². The van der Waals surface area contributed by atoms with E-state index in [9.17, 15) is 9.59 Å². The standard InChI is InChI=1S/C19H27N3O3/c1-18(2)15-14(6-5-11-25-15)19(18,20)17(24)21-13-9-7-12(8-10-13)16(23)22(3)4/h7-10,14-15H,5-6,11,20H2,1-4H3,(H,21,24). The Hall–Kier alpha value is -1.92. The zero-order chi connectivity index (χ0) is 18.4. The molecule has 0 bridgehead atoms. The molecule has 2 amide bonds. The maximum atomic E-state index is 12.9. The van der Waals surface area contributed by atoms with E-state index in [0.717, 1.165) is 19.4 Å². The van der Waals surface area contributed by atoms with Gasteiger partial charge < -0.3 is 20.7 Å². The van der Waals surface area contributed by atoms with E-state index in [-0.39, 0.29) is 23.8 Å². The quantitative estimate of drug-likeness (QED) is 0.876. The van der Waals surface area contributed by atoms with Crippen LogP contribution in [0.4, 0.5) is 5.69 Å². The SMILES string of the molecule is CN(C)C(=O)c1ccc(NC(=O)C2(N)C3CCCOC3C2(C)C)cc1. The van der Waals surface area contributed by atoms with Crippen molar-refractivity contribution in [3.8, 4) is 0 Å². The highest BCUT2D eigenvalue weighted by Gasteiger charge is 2.70. The topological polar surface area (TPSA) is 84.7 Å². The largest absolute Gasteiger partial charge is 0.377 e. The summed E-state index contributed by atoms with van der Waals surface area (Å²) in [4.78, 5) is 26.4. The number of nitrogens with one attached hydrogen (secondary N) is 1. The number of amides is 2. The minimum absolute atomic E-state index is 0.0390. The Bertz CT molecular complexity index is 684. The van der Waals surface area contributed by atoms with Crippen molar-refractivity contribution in [1.82, 2.24) is 4.90 Å². The number of ether oxygens (including phenoxy) is 1. The van der Waals surface area contributed by atoms with Crippen molar-refractivity contribution >= 4 is 17.5 Å². The maximum Gasteiger partial charge on any atom is 0.253 e. The molecule has 136 valence electrons. The van der Waals surface area contributed by atoms with E-state index < -0.39 is 11.0 Å². The predicted octanol–water partition coefficient (Wildman–Crippen LogP) is 1.86. The van der Waals surface area contributed by atoms with Gasteiger partial charge in [0.05, 0.1) is 6.10 Å². The van der Waals surface area contributed by atoms with Crippen LogP contribution in [0.3, 0.4) is 0 Å². The summed E-state index contributed by atoms with van der Waals surface area (Å²) in [5.74, 6) is -0.211. The average Bonchev–Trinajstić information content (AvgIpc) is 2.60. The van der Waals surface area contributed by atoms with E-state index in [0.29, 0.717) is 11.3 Å². The molecule has 3 unspecified atom stereocenters. The fourth-order valence-corrected chi connectivity index (χ4v) is 4.23. The van der Waals surface area contributed by atoms with E-state index in [4.69, 9.17) is 10.5 Å². The second kappa shape index (κ2) is 6.11. The molecule has 0 radical (unpaired) electrons. The summed E-state index contributed by atoms with van der Waals surface area (Å²) in [6, 6.07) is 6.89. The van der Waals surface area contributed by atoms with Gasteiger partial charge in [-0.15, -0.1) is 0 Å². The molecule has 1 saturated carbocycles. The van der Waals surface area contributed by atoms with E-state index in [1.807, 2.05) is 13.8 Å². The number of anilines is 1. The lowest BCUT2D eigenvalue weighted by atomic mass is 9.46. The first-order valence-corrected chi connectivity index (χ1v) is 8.73. The number of rotatable bonds is 3. The minimum Gasteiger partial charge on any atom is -0.377 e. The van der Waals surface area contributed by atoms with Gasteiger partial charge in [0.1, 0.15) is 5.54 Å². The molecule has 6 nitrogen and oxygen atoms in total. The summed E-state index contributed by atoms with van der Waals surface area (Å²) < 4.78 is 5.85. The predicted molar refractivity (Wildman–Crippen MR) is 96.3 cm³/mol. The molecule has 1 aliphatic carbocycles.